The molecule has 0 saturated heterocycles. The molecule has 6 heteroatoms. The lowest BCUT2D eigenvalue weighted by Crippen LogP contribution is -2.04. The lowest BCUT2D eigenvalue weighted by atomic mass is 10.0. The molecule has 102 valence electrons. The highest BCUT2D eigenvalue weighted by Gasteiger charge is 2.30. The summed E-state index contributed by atoms with van der Waals surface area (Å²) in [4.78, 5) is 7.09. The standard InChI is InChI=1S/C14H8ClF3N2/c15-11-7-19-12-5-9(6-20-13(11)12)8-2-1-3-10(4-8)14(16,17)18/h1-7,19H. The molecule has 0 bridgehead atoms. The third-order valence-electron chi connectivity index (χ3n) is 2.99. The third-order valence-corrected chi connectivity index (χ3v) is 3.28. The molecule has 0 spiro atoms. The summed E-state index contributed by atoms with van der Waals surface area (Å²) in [6.07, 6.45) is -1.25. The molecule has 0 aliphatic heterocycles. The third kappa shape index (κ3) is 2.25. The van der Waals surface area contributed by atoms with Gasteiger partial charge in [-0.2, -0.15) is 13.2 Å². The molecule has 0 amide bonds. The van der Waals surface area contributed by atoms with Gasteiger partial charge >= 0.3 is 6.18 Å². The van der Waals surface area contributed by atoms with Gasteiger partial charge in [0.1, 0.15) is 5.52 Å². The van der Waals surface area contributed by atoms with E-state index in [1.807, 2.05) is 0 Å². The van der Waals surface area contributed by atoms with Crippen molar-refractivity contribution in [1.29, 1.82) is 0 Å². The van der Waals surface area contributed by atoms with Crippen molar-refractivity contribution in [1.82, 2.24) is 9.97 Å². The van der Waals surface area contributed by atoms with E-state index in [-0.39, 0.29) is 0 Å². The van der Waals surface area contributed by atoms with Crippen molar-refractivity contribution in [2.45, 2.75) is 6.18 Å². The number of rotatable bonds is 1. The molecule has 1 N–H and O–H groups in total. The number of fused-ring (bicyclic) bond motifs is 1. The number of aromatic amines is 1. The topological polar surface area (TPSA) is 28.7 Å². The lowest BCUT2D eigenvalue weighted by Gasteiger charge is -2.08. The van der Waals surface area contributed by atoms with Gasteiger partial charge in [-0.15, -0.1) is 0 Å². The molecule has 0 fully saturated rings. The van der Waals surface area contributed by atoms with E-state index in [2.05, 4.69) is 9.97 Å². The summed E-state index contributed by atoms with van der Waals surface area (Å²) in [5.41, 5.74) is 1.66. The maximum atomic E-state index is 12.7. The minimum absolute atomic E-state index is 0.458. The van der Waals surface area contributed by atoms with Gasteiger partial charge in [0.05, 0.1) is 16.1 Å². The Kier molecular flexibility index (Phi) is 2.94. The van der Waals surface area contributed by atoms with E-state index in [1.165, 1.54) is 12.3 Å². The first-order valence-electron chi connectivity index (χ1n) is 5.75. The molecular formula is C14H8ClF3N2. The Morgan fingerprint density at radius 3 is 2.65 bits per heavy atom. The molecule has 3 rings (SSSR count). The van der Waals surface area contributed by atoms with Crippen molar-refractivity contribution >= 4 is 22.6 Å². The van der Waals surface area contributed by atoms with Gasteiger partial charge in [-0.3, -0.25) is 4.98 Å². The summed E-state index contributed by atoms with van der Waals surface area (Å²) in [7, 11) is 0. The van der Waals surface area contributed by atoms with Gasteiger partial charge in [-0.25, -0.2) is 0 Å². The number of nitrogens with zero attached hydrogens (tertiary/aromatic N) is 1. The van der Waals surface area contributed by atoms with E-state index in [1.54, 1.807) is 18.3 Å². The summed E-state index contributed by atoms with van der Waals surface area (Å²) in [5.74, 6) is 0. The first-order valence-corrected chi connectivity index (χ1v) is 6.13. The predicted molar refractivity (Wildman–Crippen MR) is 71.5 cm³/mol. The highest BCUT2D eigenvalue weighted by Crippen LogP contribution is 2.33. The van der Waals surface area contributed by atoms with Crippen LogP contribution in [0.2, 0.25) is 5.02 Å². The second-order valence-corrected chi connectivity index (χ2v) is 4.74. The van der Waals surface area contributed by atoms with Gasteiger partial charge in [0.15, 0.2) is 0 Å². The molecule has 20 heavy (non-hydrogen) atoms. The molecule has 0 radical (unpaired) electrons. The molecule has 0 atom stereocenters. The maximum absolute atomic E-state index is 12.7. The summed E-state index contributed by atoms with van der Waals surface area (Å²) in [6.45, 7) is 0. The van der Waals surface area contributed by atoms with Crippen molar-refractivity contribution in [3.63, 3.8) is 0 Å². The SMILES string of the molecule is FC(F)(F)c1cccc(-c2cnc3c(Cl)c[nH]c3c2)c1. The highest BCUT2D eigenvalue weighted by atomic mass is 35.5. The fraction of sp³-hybridized carbons (Fsp3) is 0.0714. The van der Waals surface area contributed by atoms with Crippen LogP contribution >= 0.6 is 11.6 Å². The van der Waals surface area contributed by atoms with Crippen LogP contribution in [0.15, 0.2) is 42.7 Å². The number of benzene rings is 1. The number of pyridine rings is 1. The van der Waals surface area contributed by atoms with Crippen LogP contribution in [0.1, 0.15) is 5.56 Å². The van der Waals surface area contributed by atoms with Crippen molar-refractivity contribution in [2.75, 3.05) is 0 Å². The largest absolute Gasteiger partial charge is 0.416 e. The van der Waals surface area contributed by atoms with Crippen LogP contribution in [-0.2, 0) is 6.18 Å². The molecule has 2 heterocycles. The zero-order valence-corrected chi connectivity index (χ0v) is 10.8. The van der Waals surface area contributed by atoms with Gasteiger partial charge in [-0.05, 0) is 23.8 Å². The van der Waals surface area contributed by atoms with Crippen LogP contribution in [0, 0.1) is 0 Å². The van der Waals surface area contributed by atoms with Gasteiger partial charge < -0.3 is 4.98 Å². The molecule has 0 unspecified atom stereocenters. The summed E-state index contributed by atoms with van der Waals surface area (Å²) in [6, 6.07) is 6.87. The Morgan fingerprint density at radius 2 is 1.90 bits per heavy atom. The number of hydrogen-bond donors (Lipinski definition) is 1. The van der Waals surface area contributed by atoms with Crippen LogP contribution < -0.4 is 0 Å². The first-order chi connectivity index (χ1) is 9.45. The zero-order chi connectivity index (χ0) is 14.3. The fourth-order valence-corrected chi connectivity index (χ4v) is 2.21. The summed E-state index contributed by atoms with van der Waals surface area (Å²) < 4.78 is 38.1. The van der Waals surface area contributed by atoms with Crippen LogP contribution in [0.3, 0.4) is 0 Å². The fourth-order valence-electron chi connectivity index (χ4n) is 2.01. The Hall–Kier alpha value is -2.01. The predicted octanol–water partition coefficient (Wildman–Crippen LogP) is 4.90. The smallest absolute Gasteiger partial charge is 0.358 e. The molecule has 2 aromatic heterocycles. The van der Waals surface area contributed by atoms with E-state index in [0.717, 1.165) is 12.1 Å². The average molecular weight is 297 g/mol. The highest BCUT2D eigenvalue weighted by molar-refractivity contribution is 6.35. The Balaban J connectivity index is 2.11. The van der Waals surface area contributed by atoms with Crippen LogP contribution in [-0.4, -0.2) is 9.97 Å². The molecule has 0 aliphatic rings. The summed E-state index contributed by atoms with van der Waals surface area (Å²) >= 11 is 5.91. The second kappa shape index (κ2) is 4.52. The minimum Gasteiger partial charge on any atom is -0.358 e. The van der Waals surface area contributed by atoms with E-state index >= 15 is 0 Å². The molecule has 0 saturated carbocycles. The van der Waals surface area contributed by atoms with Gasteiger partial charge in [0, 0.05) is 18.0 Å². The van der Waals surface area contributed by atoms with Gasteiger partial charge in [0.25, 0.3) is 0 Å². The Bertz CT molecular complexity index is 777. The van der Waals surface area contributed by atoms with Crippen LogP contribution in [0.5, 0.6) is 0 Å². The van der Waals surface area contributed by atoms with Crippen molar-refractivity contribution in [3.05, 3.63) is 53.3 Å². The average Bonchev–Trinajstić information content (AvgIpc) is 2.79. The van der Waals surface area contributed by atoms with Gasteiger partial charge in [0.2, 0.25) is 0 Å². The molecule has 3 aromatic rings. The Morgan fingerprint density at radius 1 is 1.10 bits per heavy atom. The number of hydrogen-bond acceptors (Lipinski definition) is 1. The Labute approximate surface area is 117 Å². The zero-order valence-electron chi connectivity index (χ0n) is 10.0. The molecule has 0 aliphatic carbocycles. The van der Waals surface area contributed by atoms with Crippen molar-refractivity contribution in [2.24, 2.45) is 0 Å². The van der Waals surface area contributed by atoms with E-state index in [0.29, 0.717) is 27.2 Å². The maximum Gasteiger partial charge on any atom is 0.416 e. The molecule has 2 nitrogen and oxygen atoms in total. The van der Waals surface area contributed by atoms with Crippen molar-refractivity contribution in [3.8, 4) is 11.1 Å². The number of H-pyrrole nitrogens is 1. The summed E-state index contributed by atoms with van der Waals surface area (Å²) in [5, 5.41) is 0.482. The quantitative estimate of drug-likeness (QED) is 0.679. The number of alkyl halides is 3. The number of nitrogens with one attached hydrogen (secondary N) is 1. The van der Waals surface area contributed by atoms with E-state index in [9.17, 15) is 13.2 Å². The van der Waals surface area contributed by atoms with Crippen LogP contribution in [0.4, 0.5) is 13.2 Å². The molecular weight excluding hydrogens is 289 g/mol. The monoisotopic (exact) mass is 296 g/mol. The number of halogens is 4. The lowest BCUT2D eigenvalue weighted by molar-refractivity contribution is -0.137. The number of aromatic nitrogens is 2. The van der Waals surface area contributed by atoms with E-state index < -0.39 is 11.7 Å². The second-order valence-electron chi connectivity index (χ2n) is 4.34. The van der Waals surface area contributed by atoms with Gasteiger partial charge in [-0.1, -0.05) is 23.7 Å². The van der Waals surface area contributed by atoms with Crippen LogP contribution in [0.25, 0.3) is 22.2 Å². The normalized spacial score (nSPS) is 12.0. The first kappa shape index (κ1) is 13.0. The van der Waals surface area contributed by atoms with Crippen molar-refractivity contribution < 1.29 is 13.2 Å². The molecule has 1 aromatic carbocycles. The minimum atomic E-state index is -4.36. The van der Waals surface area contributed by atoms with E-state index in [4.69, 9.17) is 11.6 Å².